The van der Waals surface area contributed by atoms with Crippen LogP contribution in [0.3, 0.4) is 0 Å². The van der Waals surface area contributed by atoms with Crippen molar-refractivity contribution in [1.82, 2.24) is 25.5 Å². The van der Waals surface area contributed by atoms with Crippen LogP contribution in [-0.2, 0) is 17.9 Å². The highest BCUT2D eigenvalue weighted by Gasteiger charge is 2.27. The van der Waals surface area contributed by atoms with Gasteiger partial charge in [0.1, 0.15) is 0 Å². The Morgan fingerprint density at radius 3 is 2.61 bits per heavy atom. The van der Waals surface area contributed by atoms with E-state index < -0.39 is 0 Å². The number of anilines is 2. The number of aliphatic hydroxyl groups excluding tert-OH is 1. The van der Waals surface area contributed by atoms with Gasteiger partial charge in [0.05, 0.1) is 39.9 Å². The lowest BCUT2D eigenvalue weighted by Gasteiger charge is -2.38. The third-order valence-electron chi connectivity index (χ3n) is 8.38. The third kappa shape index (κ3) is 6.96. The van der Waals surface area contributed by atoms with E-state index in [-0.39, 0.29) is 30.3 Å². The Bertz CT molecular complexity index is 1740. The number of rotatable bonds is 12. The number of likely N-dealkylation sites (tertiary alicyclic amines) is 1. The minimum absolute atomic E-state index is 0.0867. The Morgan fingerprint density at radius 1 is 1.04 bits per heavy atom. The van der Waals surface area contributed by atoms with Gasteiger partial charge < -0.3 is 25.8 Å². The summed E-state index contributed by atoms with van der Waals surface area (Å²) in [6.45, 7) is 3.30. The van der Waals surface area contributed by atoms with E-state index >= 15 is 4.39 Å². The number of aromatic nitrogens is 2. The number of pyridine rings is 2. The first-order valence-corrected chi connectivity index (χ1v) is 16.0. The van der Waals surface area contributed by atoms with E-state index in [1.165, 1.54) is 0 Å². The summed E-state index contributed by atoms with van der Waals surface area (Å²) in [4.78, 5) is 22.8. The molecule has 2 aliphatic rings. The molecule has 2 aromatic heterocycles. The molecule has 0 saturated carbocycles. The molecular weight excluding hydrogens is 630 g/mol. The third-order valence-corrected chi connectivity index (χ3v) is 9.17. The van der Waals surface area contributed by atoms with Gasteiger partial charge in [-0.2, -0.15) is 0 Å². The Morgan fingerprint density at radius 2 is 1.85 bits per heavy atom. The summed E-state index contributed by atoms with van der Waals surface area (Å²) in [5.41, 5.74) is 4.56. The average molecular weight is 666 g/mol. The smallest absolute Gasteiger partial charge is 0.220 e. The second kappa shape index (κ2) is 14.3. The number of nitrogens with zero attached hydrogens (tertiary/aromatic N) is 3. The summed E-state index contributed by atoms with van der Waals surface area (Å²) < 4.78 is 21.1. The first kappa shape index (κ1) is 32.2. The fraction of sp³-hybridized carbons (Fsp3) is 0.324. The number of carbonyl (C=O) groups is 1. The Balaban J connectivity index is 1.20. The number of hydrogen-bond acceptors (Lipinski definition) is 8. The summed E-state index contributed by atoms with van der Waals surface area (Å²) in [6.07, 6.45) is 3.03. The highest BCUT2D eigenvalue weighted by molar-refractivity contribution is 6.39. The molecule has 1 atom stereocenters. The molecule has 0 radical (unpaired) electrons. The molecule has 240 valence electrons. The molecule has 0 spiro atoms. The van der Waals surface area contributed by atoms with Crippen LogP contribution in [0.25, 0.3) is 22.5 Å². The maximum Gasteiger partial charge on any atom is 0.220 e. The van der Waals surface area contributed by atoms with E-state index in [4.69, 9.17) is 32.9 Å². The Kier molecular flexibility index (Phi) is 10.0. The lowest BCUT2D eigenvalue weighted by atomic mass is 10.00. The minimum Gasteiger partial charge on any atom is -0.481 e. The van der Waals surface area contributed by atoms with E-state index in [2.05, 4.69) is 25.8 Å². The van der Waals surface area contributed by atoms with Crippen molar-refractivity contribution in [3.05, 3.63) is 87.8 Å². The summed E-state index contributed by atoms with van der Waals surface area (Å²) >= 11 is 13.8. The van der Waals surface area contributed by atoms with Crippen molar-refractivity contribution in [2.75, 3.05) is 38.7 Å². The predicted molar refractivity (Wildman–Crippen MR) is 178 cm³/mol. The van der Waals surface area contributed by atoms with Crippen molar-refractivity contribution >= 4 is 40.5 Å². The molecule has 0 bridgehead atoms. The summed E-state index contributed by atoms with van der Waals surface area (Å²) in [5.74, 6) is 0.455. The lowest BCUT2D eigenvalue weighted by Crippen LogP contribution is -2.47. The zero-order chi connectivity index (χ0) is 32.2. The monoisotopic (exact) mass is 664 g/mol. The van der Waals surface area contributed by atoms with Gasteiger partial charge in [-0.15, -0.1) is 0 Å². The van der Waals surface area contributed by atoms with Crippen molar-refractivity contribution < 1.29 is 19.0 Å². The molecule has 6 rings (SSSR count). The molecule has 2 fully saturated rings. The standard InChI is InChI=1S/C34H35Cl2FN6O3/c1-46-34-21(14-38-15-23-9-11-29(45)40-23)8-10-26(42-34)24-12-13-39-33(31(24)36)25-5-3-6-27(30(25)35)41-28-7-2-4-22(32(28)37)18-43-16-20(17-43)19-44/h2-8,10,12-13,20,23,38,41,44H,9,11,14-19H2,1H3,(H,40,45). The fourth-order valence-electron chi connectivity index (χ4n) is 5.89. The van der Waals surface area contributed by atoms with Gasteiger partial charge in [-0.25, -0.2) is 9.37 Å². The van der Waals surface area contributed by atoms with E-state index in [0.29, 0.717) is 81.4 Å². The van der Waals surface area contributed by atoms with Crippen LogP contribution >= 0.6 is 23.2 Å². The number of halogens is 3. The van der Waals surface area contributed by atoms with Crippen molar-refractivity contribution in [2.45, 2.75) is 32.0 Å². The van der Waals surface area contributed by atoms with Crippen LogP contribution in [0.1, 0.15) is 24.0 Å². The Labute approximate surface area is 277 Å². The topological polar surface area (TPSA) is 112 Å². The number of ether oxygens (including phenoxy) is 1. The van der Waals surface area contributed by atoms with Crippen molar-refractivity contribution in [3.8, 4) is 28.4 Å². The molecule has 2 aromatic carbocycles. The zero-order valence-electron chi connectivity index (χ0n) is 25.3. The molecule has 4 N–H and O–H groups in total. The molecule has 46 heavy (non-hydrogen) atoms. The highest BCUT2D eigenvalue weighted by atomic mass is 35.5. The maximum atomic E-state index is 15.5. The second-order valence-corrected chi connectivity index (χ2v) is 12.4. The van der Waals surface area contributed by atoms with Crippen LogP contribution in [0.15, 0.2) is 60.8 Å². The van der Waals surface area contributed by atoms with Gasteiger partial charge in [-0.3, -0.25) is 14.7 Å². The number of amides is 1. The number of nitrogens with one attached hydrogen (secondary N) is 3. The summed E-state index contributed by atoms with van der Waals surface area (Å²) in [5, 5.41) is 19.5. The number of methoxy groups -OCH3 is 1. The number of aliphatic hydroxyl groups is 1. The van der Waals surface area contributed by atoms with Gasteiger partial charge in [0, 0.05) is 86.2 Å². The van der Waals surface area contributed by atoms with Gasteiger partial charge in [-0.1, -0.05) is 53.5 Å². The molecule has 0 aliphatic carbocycles. The fourth-order valence-corrected chi connectivity index (χ4v) is 6.46. The van der Waals surface area contributed by atoms with Crippen LogP contribution in [0.5, 0.6) is 5.88 Å². The normalized spacial score (nSPS) is 16.7. The first-order valence-electron chi connectivity index (χ1n) is 15.2. The molecule has 4 heterocycles. The van der Waals surface area contributed by atoms with Gasteiger partial charge in [-0.05, 0) is 30.7 Å². The van der Waals surface area contributed by atoms with Crippen LogP contribution in [0.4, 0.5) is 15.8 Å². The lowest BCUT2D eigenvalue weighted by molar-refractivity contribution is -0.119. The van der Waals surface area contributed by atoms with E-state index in [1.807, 2.05) is 24.3 Å². The highest BCUT2D eigenvalue weighted by Crippen LogP contribution is 2.41. The molecule has 9 nitrogen and oxygen atoms in total. The van der Waals surface area contributed by atoms with Crippen LogP contribution < -0.4 is 20.7 Å². The number of carbonyl (C=O) groups excluding carboxylic acids is 1. The van der Waals surface area contributed by atoms with Gasteiger partial charge in [0.2, 0.25) is 11.8 Å². The maximum absolute atomic E-state index is 15.5. The van der Waals surface area contributed by atoms with E-state index in [9.17, 15) is 9.90 Å². The van der Waals surface area contributed by atoms with Gasteiger partial charge in [0.25, 0.3) is 0 Å². The average Bonchev–Trinajstić information content (AvgIpc) is 3.46. The first-order chi connectivity index (χ1) is 22.3. The molecule has 1 unspecified atom stereocenters. The molecular formula is C34H35Cl2FN6O3. The largest absolute Gasteiger partial charge is 0.481 e. The molecule has 2 saturated heterocycles. The molecule has 2 aliphatic heterocycles. The van der Waals surface area contributed by atoms with Crippen LogP contribution in [0.2, 0.25) is 10.0 Å². The summed E-state index contributed by atoms with van der Waals surface area (Å²) in [6, 6.07) is 16.4. The second-order valence-electron chi connectivity index (χ2n) is 11.6. The van der Waals surface area contributed by atoms with Crippen molar-refractivity contribution in [1.29, 1.82) is 0 Å². The number of hydrogen-bond donors (Lipinski definition) is 4. The predicted octanol–water partition coefficient (Wildman–Crippen LogP) is 5.80. The van der Waals surface area contributed by atoms with Crippen molar-refractivity contribution in [2.24, 2.45) is 5.92 Å². The van der Waals surface area contributed by atoms with E-state index in [1.54, 1.807) is 43.6 Å². The Hall–Kier alpha value is -3.80. The van der Waals surface area contributed by atoms with Crippen LogP contribution in [-0.4, -0.2) is 65.3 Å². The van der Waals surface area contributed by atoms with Crippen molar-refractivity contribution in [3.63, 3.8) is 0 Å². The zero-order valence-corrected chi connectivity index (χ0v) is 26.8. The quantitative estimate of drug-likeness (QED) is 0.150. The molecule has 1 amide bonds. The van der Waals surface area contributed by atoms with Gasteiger partial charge in [0.15, 0.2) is 5.82 Å². The molecule has 4 aromatic rings. The summed E-state index contributed by atoms with van der Waals surface area (Å²) in [7, 11) is 1.57. The number of benzene rings is 2. The van der Waals surface area contributed by atoms with Gasteiger partial charge >= 0.3 is 0 Å². The molecule has 12 heteroatoms. The van der Waals surface area contributed by atoms with E-state index in [0.717, 1.165) is 25.1 Å². The minimum atomic E-state index is -0.349. The van der Waals surface area contributed by atoms with Crippen LogP contribution in [0, 0.1) is 11.7 Å². The SMILES string of the molecule is COc1nc(-c2ccnc(-c3cccc(Nc4cccc(CN5CC(CO)C5)c4F)c3Cl)c2Cl)ccc1CNCC1CCC(=O)N1.